The van der Waals surface area contributed by atoms with Gasteiger partial charge in [-0.2, -0.15) is 0 Å². The molecule has 1 unspecified atom stereocenters. The fourth-order valence-corrected chi connectivity index (χ4v) is 19.4. The molecule has 68 heteroatoms. The van der Waals surface area contributed by atoms with Crippen LogP contribution in [0.3, 0.4) is 0 Å². The Kier molecular flexibility index (Phi) is 44.2. The quantitative estimate of drug-likeness (QED) is 0.0272. The molecule has 0 bridgehead atoms. The Bertz CT molecular complexity index is 4070. The molecule has 13 saturated heterocycles. The molecule has 0 aromatic heterocycles. The van der Waals surface area contributed by atoms with Crippen LogP contribution >= 0.6 is 0 Å². The monoisotopic (exact) mass is 2210 g/mol. The highest BCUT2D eigenvalue weighted by molar-refractivity contribution is 5.73. The first-order valence-electron chi connectivity index (χ1n) is 47.7. The van der Waals surface area contributed by atoms with Gasteiger partial charge in [-0.25, -0.2) is 0 Å². The van der Waals surface area contributed by atoms with E-state index in [1.54, 1.807) is 0 Å². The normalized spacial score (nSPS) is 52.1. The first-order valence-corrected chi connectivity index (χ1v) is 47.7. The summed E-state index contributed by atoms with van der Waals surface area (Å²) < 4.78 is 147. The molecule has 150 heavy (non-hydrogen) atoms. The molecule has 13 fully saturated rings. The lowest BCUT2D eigenvalue weighted by Crippen LogP contribution is -2.70. The number of carbonyl (C=O) groups excluding carboxylic acids is 2. The smallest absolute Gasteiger partial charge is 0.217 e. The Morgan fingerprint density at radius 1 is 0.173 bits per heavy atom. The number of hydrogen-bond acceptors (Lipinski definition) is 66. The number of nitrogens with one attached hydrogen (secondary N) is 2. The van der Waals surface area contributed by atoms with Gasteiger partial charge in [0.2, 0.25) is 11.8 Å². The maximum absolute atomic E-state index is 13.2. The first kappa shape index (κ1) is 123. The van der Waals surface area contributed by atoms with Gasteiger partial charge in [-0.1, -0.05) is 0 Å². The molecule has 68 nitrogen and oxygen atoms in total. The van der Waals surface area contributed by atoms with Crippen LogP contribution in [0.25, 0.3) is 0 Å². The average molecular weight is 2210 g/mol. The second kappa shape index (κ2) is 53.8. The fourth-order valence-electron chi connectivity index (χ4n) is 19.4. The Balaban J connectivity index is 0.819. The van der Waals surface area contributed by atoms with Crippen LogP contribution in [0.5, 0.6) is 0 Å². The van der Waals surface area contributed by atoms with Crippen LogP contribution in [0.2, 0.25) is 0 Å². The zero-order valence-corrected chi connectivity index (χ0v) is 79.2. The summed E-state index contributed by atoms with van der Waals surface area (Å²) in [7, 11) is 0. The van der Waals surface area contributed by atoms with Crippen molar-refractivity contribution in [1.29, 1.82) is 0 Å². The largest absolute Gasteiger partial charge is 0.394 e. The van der Waals surface area contributed by atoms with Crippen molar-refractivity contribution < 1.29 is 327 Å². The molecule has 0 aromatic carbocycles. The maximum atomic E-state index is 13.2. The lowest BCUT2D eigenvalue weighted by Gasteiger charge is -2.51. The Labute approximate surface area is 845 Å². The molecule has 0 aromatic rings. The highest BCUT2D eigenvalue weighted by Gasteiger charge is 2.65. The van der Waals surface area contributed by atoms with Gasteiger partial charge in [0.05, 0.1) is 85.9 Å². The highest BCUT2D eigenvalue weighted by Crippen LogP contribution is 2.44. The molecule has 0 saturated carbocycles. The summed E-state index contributed by atoms with van der Waals surface area (Å²) in [5.74, 6) is -1.87. The van der Waals surface area contributed by atoms with E-state index in [0.29, 0.717) is 0 Å². The van der Waals surface area contributed by atoms with Crippen molar-refractivity contribution in [1.82, 2.24) is 10.6 Å². The third-order valence-electron chi connectivity index (χ3n) is 28.0. The minimum Gasteiger partial charge on any atom is -0.394 e. The molecule has 0 spiro atoms. The molecule has 13 aliphatic heterocycles. The van der Waals surface area contributed by atoms with Crippen LogP contribution in [0.4, 0.5) is 0 Å². The molecule has 872 valence electrons. The summed E-state index contributed by atoms with van der Waals surface area (Å²) in [5, 5.41) is 443. The van der Waals surface area contributed by atoms with Gasteiger partial charge < -0.3 is 328 Å². The van der Waals surface area contributed by atoms with Gasteiger partial charge in [0, 0.05) is 13.8 Å². The number of carbonyl (C=O) groups is 2. The van der Waals surface area contributed by atoms with Crippen molar-refractivity contribution >= 4 is 11.8 Å². The standard InChI is InChI=1S/C82H138N2O66/c1-16(96)83-31-44(109)60(27(12-94)128-70(31)125)141-71-32(84-17(2)97)45(110)61(28(13-95)138-71)142-78-59(124)65(43(108)30(140-78)15-127-73-56(121)64(42(107)29(139-73)14-126-72-53(118)46(111)33(98)18(3-85)129-72)145-80-67(50(115)37(102)22(7-89)135-80)148-75-55(120)48(113)35(100)20(5-87)131-75)146-81-69(52(117)39(104)23(8-90)136-81)150-82-68(51(116)38(103)24(9-91)137-82)149-77-57(122)62(40(105)25(10-92)133-77)143-76-58(123)63(41(106)26(11-93)132-76)144-79-66(49(114)36(101)21(6-88)134-79)147-74-54(119)47(112)34(99)19(4-86)130-74/h18-82,85-95,98-125H,3-15H2,1-2H3,(H,83,96)(H,84,97)/t18-,19-,20-,21-,22-,23-,24-,25-,26-,27-,28-,29-,30-,31-,32-,33-,34-,35-,36-,37-,38-,39-,40-,41-,42-,43-,44-,45-,46+,47+,48+,49+,50+,51+,52+,53+,54-,55+,56+,57+,58-,59+,60-,61-,62+,63+,64+,65+,66-,67+,68+,69+,70?,71+,72+,73+,74-,75-,76-,77-,78+,79-,80-,81-,82-/m1/s1. The van der Waals surface area contributed by atoms with Gasteiger partial charge in [0.25, 0.3) is 0 Å². The number of rotatable bonds is 39. The molecule has 0 radical (unpaired) electrons. The van der Waals surface area contributed by atoms with Crippen LogP contribution < -0.4 is 10.6 Å². The van der Waals surface area contributed by atoms with E-state index in [4.69, 9.17) is 118 Å². The molecule has 13 aliphatic rings. The molecule has 13 rings (SSSR count). The Hall–Kier alpha value is -3.62. The second-order valence-electron chi connectivity index (χ2n) is 38.0. The molecular formula is C82H138N2O66. The average Bonchev–Trinajstić information content (AvgIpc) is 0.767. The number of aliphatic hydroxyl groups is 39. The van der Waals surface area contributed by atoms with Crippen molar-refractivity contribution in [2.24, 2.45) is 0 Å². The number of aliphatic hydroxyl groups excluding tert-OH is 39. The van der Waals surface area contributed by atoms with Gasteiger partial charge in [-0.05, 0) is 0 Å². The summed E-state index contributed by atoms with van der Waals surface area (Å²) in [4.78, 5) is 25.5. The van der Waals surface area contributed by atoms with Gasteiger partial charge in [-0.3, -0.25) is 9.59 Å². The summed E-state index contributed by atoms with van der Waals surface area (Å²) in [5.41, 5.74) is 0. The number of amides is 2. The minimum absolute atomic E-state index is 0.847. The van der Waals surface area contributed by atoms with Gasteiger partial charge in [-0.15, -0.1) is 0 Å². The van der Waals surface area contributed by atoms with Crippen molar-refractivity contribution in [3.8, 4) is 0 Å². The van der Waals surface area contributed by atoms with Crippen LogP contribution in [-0.2, 0) is 128 Å². The zero-order chi connectivity index (χ0) is 110. The van der Waals surface area contributed by atoms with Crippen molar-refractivity contribution in [3.05, 3.63) is 0 Å². The predicted molar refractivity (Wildman–Crippen MR) is 451 cm³/mol. The second-order valence-corrected chi connectivity index (χ2v) is 38.0. The molecule has 2 amide bonds. The van der Waals surface area contributed by atoms with Crippen LogP contribution in [0, 0.1) is 0 Å². The summed E-state index contributed by atoms with van der Waals surface area (Å²) in [6.45, 7) is -13.7. The van der Waals surface area contributed by atoms with Crippen LogP contribution in [-0.4, -0.2) is 696 Å². The number of ether oxygens (including phenoxy) is 25. The lowest BCUT2D eigenvalue weighted by molar-refractivity contribution is -0.413. The van der Waals surface area contributed by atoms with Gasteiger partial charge in [0.15, 0.2) is 81.8 Å². The molecule has 65 atom stereocenters. The fraction of sp³-hybridized carbons (Fsp3) is 0.976. The molecule has 13 heterocycles. The lowest BCUT2D eigenvalue weighted by atomic mass is 9.94. The third-order valence-corrected chi connectivity index (χ3v) is 28.0. The summed E-state index contributed by atoms with van der Waals surface area (Å²) in [6.07, 6.45) is -143. The molecule has 41 N–H and O–H groups in total. The van der Waals surface area contributed by atoms with Crippen molar-refractivity contribution in [2.45, 2.75) is 413 Å². The molecule has 0 aliphatic carbocycles. The van der Waals surface area contributed by atoms with Gasteiger partial charge in [0.1, 0.15) is 317 Å². The zero-order valence-electron chi connectivity index (χ0n) is 79.2. The SMILES string of the molecule is CC(=O)N[C@H]1[C@H](O[C@H]2[C@H](O)[C@@H](NC(C)=O)C(O)O[C@@H]2CO)O[C@H](CO)[C@@H](O[C@@H]2O[C@H](CO[C@H]3O[C@H](CO[C@H]4O[C@H](CO)[C@@H](O)[C@H](O)[C@@H]4O)[C@@H](O)[C@H](O[C@H]4O[C@H](CO)[C@@H](O)[C@H](O)[C@@H]4O[C@H]4O[C@H](CO)[C@@H](O)[C@H](O)[C@@H]4O)[C@@H]3O)[C@@H](O)[C@H](O[C@H]3O[C@H](CO)[C@@H](O)[C@H](O)[C@@H]3O[C@H]3O[C@H](CO)[C@@H](O)[C@H](O)[C@@H]3O[C@H]3O[C@H](CO)[C@@H](O)[C@H](O[C@H]4O[C@H](CO)[C@@H](O)[C@H](O[C@H]5O[C@H](CO)[C@@H](O)[C@H](O)[C@H]5O[C@H]5O[C@H](CO)[C@@H](O)[C@H](O)[C@H]5O)[C@H]4O)[C@@H]3O)[C@@H]2O)[C@@H]1O. The topological polar surface area (TPSA) is 1080 Å². The molecular weight excluding hydrogens is 2070 g/mol. The Morgan fingerprint density at radius 3 is 0.667 bits per heavy atom. The summed E-state index contributed by atoms with van der Waals surface area (Å²) in [6, 6.07) is -3.79. The Morgan fingerprint density at radius 2 is 0.360 bits per heavy atom. The van der Waals surface area contributed by atoms with Crippen molar-refractivity contribution in [2.75, 3.05) is 85.9 Å². The van der Waals surface area contributed by atoms with E-state index in [-0.39, 0.29) is 0 Å². The van der Waals surface area contributed by atoms with E-state index >= 15 is 0 Å². The van der Waals surface area contributed by atoms with E-state index in [1.807, 2.05) is 0 Å². The predicted octanol–water partition coefficient (Wildman–Crippen LogP) is -29.0. The highest BCUT2D eigenvalue weighted by atomic mass is 16.8. The maximum Gasteiger partial charge on any atom is 0.217 e. The first-order chi connectivity index (χ1) is 71.1. The van der Waals surface area contributed by atoms with E-state index in [2.05, 4.69) is 10.6 Å². The third kappa shape index (κ3) is 26.2. The van der Waals surface area contributed by atoms with Crippen LogP contribution in [0.15, 0.2) is 0 Å². The van der Waals surface area contributed by atoms with Crippen LogP contribution in [0.1, 0.15) is 13.8 Å². The van der Waals surface area contributed by atoms with E-state index < -0.39 is 497 Å². The van der Waals surface area contributed by atoms with E-state index in [0.717, 1.165) is 13.8 Å². The minimum atomic E-state index is -2.77. The van der Waals surface area contributed by atoms with Gasteiger partial charge >= 0.3 is 0 Å². The van der Waals surface area contributed by atoms with E-state index in [9.17, 15) is 209 Å². The summed E-state index contributed by atoms with van der Waals surface area (Å²) >= 11 is 0. The number of hydrogen-bond donors (Lipinski definition) is 41. The van der Waals surface area contributed by atoms with Crippen molar-refractivity contribution in [3.63, 3.8) is 0 Å². The van der Waals surface area contributed by atoms with E-state index in [1.165, 1.54) is 0 Å².